The van der Waals surface area contributed by atoms with E-state index in [0.29, 0.717) is 12.2 Å². The van der Waals surface area contributed by atoms with Crippen molar-refractivity contribution in [3.05, 3.63) is 29.6 Å². The summed E-state index contributed by atoms with van der Waals surface area (Å²) in [6.45, 7) is 3.85. The Labute approximate surface area is 124 Å². The number of nitrogens with one attached hydrogen (secondary N) is 1. The van der Waals surface area contributed by atoms with E-state index >= 15 is 0 Å². The Balaban J connectivity index is 2.25. The summed E-state index contributed by atoms with van der Waals surface area (Å²) >= 11 is 0. The van der Waals surface area contributed by atoms with Crippen LogP contribution in [0.5, 0.6) is 0 Å². The molecule has 1 fully saturated rings. The van der Waals surface area contributed by atoms with Crippen LogP contribution in [0.3, 0.4) is 0 Å². The fraction of sp³-hybridized carbons (Fsp3) is 0.500. The van der Waals surface area contributed by atoms with Gasteiger partial charge in [0.1, 0.15) is 5.82 Å². The number of hydrogen-bond acceptors (Lipinski definition) is 2. The van der Waals surface area contributed by atoms with Crippen LogP contribution in [0.4, 0.5) is 10.1 Å². The Kier molecular flexibility index (Phi) is 4.94. The summed E-state index contributed by atoms with van der Waals surface area (Å²) in [5.41, 5.74) is 0.463. The summed E-state index contributed by atoms with van der Waals surface area (Å²) < 4.78 is 14.0. The normalized spacial score (nSPS) is 15.0. The number of halogens is 1. The highest BCUT2D eigenvalue weighted by atomic mass is 19.1. The first-order valence-corrected chi connectivity index (χ1v) is 7.41. The van der Waals surface area contributed by atoms with Gasteiger partial charge < -0.3 is 10.2 Å². The van der Waals surface area contributed by atoms with Gasteiger partial charge in [0, 0.05) is 25.2 Å². The fourth-order valence-corrected chi connectivity index (χ4v) is 2.91. The van der Waals surface area contributed by atoms with Crippen LogP contribution in [-0.4, -0.2) is 29.3 Å². The average Bonchev–Trinajstić information content (AvgIpc) is 2.95. The maximum absolute atomic E-state index is 14.0. The first-order valence-electron chi connectivity index (χ1n) is 7.41. The second-order valence-corrected chi connectivity index (χ2v) is 5.41. The number of nitrogens with zero attached hydrogens (tertiary/aromatic N) is 1. The summed E-state index contributed by atoms with van der Waals surface area (Å²) in [5.74, 6) is -1.09. The molecule has 21 heavy (non-hydrogen) atoms. The Morgan fingerprint density at radius 2 is 2.00 bits per heavy atom. The van der Waals surface area contributed by atoms with Crippen molar-refractivity contribution >= 4 is 17.5 Å². The molecule has 1 aromatic carbocycles. The lowest BCUT2D eigenvalue weighted by Crippen LogP contribution is -2.39. The van der Waals surface area contributed by atoms with E-state index in [-0.39, 0.29) is 23.4 Å². The van der Waals surface area contributed by atoms with Gasteiger partial charge in [-0.2, -0.15) is 0 Å². The second kappa shape index (κ2) is 6.70. The van der Waals surface area contributed by atoms with Gasteiger partial charge in [0.05, 0.1) is 5.56 Å². The van der Waals surface area contributed by atoms with Crippen molar-refractivity contribution < 1.29 is 14.0 Å². The Morgan fingerprint density at radius 3 is 2.57 bits per heavy atom. The molecule has 0 aromatic heterocycles. The SMILES string of the molecule is CCN(C(=O)c1cc(NC(C)=O)ccc1F)C1CCCC1. The van der Waals surface area contributed by atoms with Gasteiger partial charge in [-0.3, -0.25) is 9.59 Å². The Hall–Kier alpha value is -1.91. The summed E-state index contributed by atoms with van der Waals surface area (Å²) in [4.78, 5) is 25.4. The molecule has 114 valence electrons. The van der Waals surface area contributed by atoms with E-state index in [1.54, 1.807) is 4.90 Å². The van der Waals surface area contributed by atoms with Gasteiger partial charge in [-0.15, -0.1) is 0 Å². The minimum Gasteiger partial charge on any atom is -0.336 e. The van der Waals surface area contributed by atoms with Gasteiger partial charge in [0.25, 0.3) is 5.91 Å². The van der Waals surface area contributed by atoms with Crippen molar-refractivity contribution in [1.82, 2.24) is 4.90 Å². The zero-order valence-electron chi connectivity index (χ0n) is 12.5. The molecule has 0 heterocycles. The van der Waals surface area contributed by atoms with Gasteiger partial charge in [-0.05, 0) is 38.0 Å². The highest BCUT2D eigenvalue weighted by Crippen LogP contribution is 2.26. The van der Waals surface area contributed by atoms with Crippen molar-refractivity contribution in [2.45, 2.75) is 45.6 Å². The van der Waals surface area contributed by atoms with Gasteiger partial charge in [-0.25, -0.2) is 4.39 Å². The van der Waals surface area contributed by atoms with Crippen LogP contribution in [0, 0.1) is 5.82 Å². The molecule has 1 aromatic rings. The first-order chi connectivity index (χ1) is 10.0. The topological polar surface area (TPSA) is 49.4 Å². The minimum atomic E-state index is -0.550. The molecule has 0 aliphatic heterocycles. The van der Waals surface area contributed by atoms with Crippen molar-refractivity contribution in [1.29, 1.82) is 0 Å². The molecule has 1 saturated carbocycles. The first kappa shape index (κ1) is 15.5. The lowest BCUT2D eigenvalue weighted by atomic mass is 10.1. The highest BCUT2D eigenvalue weighted by molar-refractivity contribution is 5.97. The van der Waals surface area contributed by atoms with E-state index in [4.69, 9.17) is 0 Å². The molecule has 0 bridgehead atoms. The van der Waals surface area contributed by atoms with Gasteiger partial charge in [-0.1, -0.05) is 12.8 Å². The molecule has 0 atom stereocenters. The smallest absolute Gasteiger partial charge is 0.257 e. The largest absolute Gasteiger partial charge is 0.336 e. The predicted molar refractivity (Wildman–Crippen MR) is 79.7 cm³/mol. The zero-order valence-corrected chi connectivity index (χ0v) is 12.5. The van der Waals surface area contributed by atoms with Gasteiger partial charge in [0.2, 0.25) is 5.91 Å². The third-order valence-corrected chi connectivity index (χ3v) is 3.88. The molecule has 1 N–H and O–H groups in total. The standard InChI is InChI=1S/C16H21FN2O2/c1-3-19(13-6-4-5-7-13)16(21)14-10-12(18-11(2)20)8-9-15(14)17/h8-10,13H,3-7H2,1-2H3,(H,18,20). The van der Waals surface area contributed by atoms with Crippen molar-refractivity contribution in [3.8, 4) is 0 Å². The fourth-order valence-electron chi connectivity index (χ4n) is 2.91. The summed E-state index contributed by atoms with van der Waals surface area (Å²) in [6, 6.07) is 4.29. The predicted octanol–water partition coefficient (Wildman–Crippen LogP) is 3.19. The van der Waals surface area contributed by atoms with Gasteiger partial charge in [0.15, 0.2) is 0 Å². The molecule has 4 nitrogen and oxygen atoms in total. The van der Waals surface area contributed by atoms with E-state index < -0.39 is 5.82 Å². The number of amides is 2. The number of carbonyl (C=O) groups excluding carboxylic acids is 2. The molecule has 1 aliphatic carbocycles. The van der Waals surface area contributed by atoms with Crippen LogP contribution in [-0.2, 0) is 4.79 Å². The molecular formula is C16H21FN2O2. The molecule has 0 unspecified atom stereocenters. The van der Waals surface area contributed by atoms with E-state index in [1.165, 1.54) is 25.1 Å². The van der Waals surface area contributed by atoms with E-state index in [9.17, 15) is 14.0 Å². The average molecular weight is 292 g/mol. The van der Waals surface area contributed by atoms with Crippen LogP contribution in [0.1, 0.15) is 49.9 Å². The molecule has 0 spiro atoms. The van der Waals surface area contributed by atoms with E-state index in [2.05, 4.69) is 5.32 Å². The number of anilines is 1. The molecule has 0 radical (unpaired) electrons. The van der Waals surface area contributed by atoms with Crippen LogP contribution in [0.2, 0.25) is 0 Å². The molecule has 2 amide bonds. The number of carbonyl (C=O) groups is 2. The number of benzene rings is 1. The molecule has 1 aliphatic rings. The third-order valence-electron chi connectivity index (χ3n) is 3.88. The Bertz CT molecular complexity index is 539. The maximum Gasteiger partial charge on any atom is 0.257 e. The third kappa shape index (κ3) is 3.60. The number of rotatable bonds is 4. The summed E-state index contributed by atoms with van der Waals surface area (Å²) in [5, 5.41) is 2.58. The minimum absolute atomic E-state index is 0.0231. The molecule has 2 rings (SSSR count). The van der Waals surface area contributed by atoms with Crippen molar-refractivity contribution in [2.24, 2.45) is 0 Å². The summed E-state index contributed by atoms with van der Waals surface area (Å²) in [7, 11) is 0. The van der Waals surface area contributed by atoms with Crippen LogP contribution in [0.25, 0.3) is 0 Å². The van der Waals surface area contributed by atoms with E-state index in [0.717, 1.165) is 25.7 Å². The van der Waals surface area contributed by atoms with E-state index in [1.807, 2.05) is 6.92 Å². The maximum atomic E-state index is 14.0. The van der Waals surface area contributed by atoms with Crippen molar-refractivity contribution in [3.63, 3.8) is 0 Å². The molecular weight excluding hydrogens is 271 g/mol. The van der Waals surface area contributed by atoms with Crippen LogP contribution in [0.15, 0.2) is 18.2 Å². The Morgan fingerprint density at radius 1 is 1.33 bits per heavy atom. The van der Waals surface area contributed by atoms with Crippen LogP contribution < -0.4 is 5.32 Å². The zero-order chi connectivity index (χ0) is 15.4. The number of hydrogen-bond donors (Lipinski definition) is 1. The monoisotopic (exact) mass is 292 g/mol. The van der Waals surface area contributed by atoms with Gasteiger partial charge >= 0.3 is 0 Å². The van der Waals surface area contributed by atoms with Crippen molar-refractivity contribution in [2.75, 3.05) is 11.9 Å². The summed E-state index contributed by atoms with van der Waals surface area (Å²) in [6.07, 6.45) is 4.19. The van der Waals surface area contributed by atoms with Crippen LogP contribution >= 0.6 is 0 Å². The highest BCUT2D eigenvalue weighted by Gasteiger charge is 2.27. The quantitative estimate of drug-likeness (QED) is 0.926. The second-order valence-electron chi connectivity index (χ2n) is 5.41. The molecule has 5 heteroatoms. The lowest BCUT2D eigenvalue weighted by molar-refractivity contribution is -0.114. The molecule has 0 saturated heterocycles. The lowest BCUT2D eigenvalue weighted by Gasteiger charge is -2.28.